The molecule has 1 N–H and O–H groups in total. The van der Waals surface area contributed by atoms with Gasteiger partial charge in [-0.05, 0) is 11.1 Å². The van der Waals surface area contributed by atoms with Crippen molar-refractivity contribution in [2.24, 2.45) is 0 Å². The van der Waals surface area contributed by atoms with Gasteiger partial charge in [0.25, 0.3) is 0 Å². The second-order valence-corrected chi connectivity index (χ2v) is 4.73. The molecule has 0 bridgehead atoms. The van der Waals surface area contributed by atoms with Crippen molar-refractivity contribution in [1.29, 1.82) is 0 Å². The lowest BCUT2D eigenvalue weighted by Crippen LogP contribution is -2.31. The lowest BCUT2D eigenvalue weighted by atomic mass is 10.1. The van der Waals surface area contributed by atoms with Crippen molar-refractivity contribution in [3.05, 3.63) is 71.8 Å². The van der Waals surface area contributed by atoms with Gasteiger partial charge in [0.2, 0.25) is 0 Å². The van der Waals surface area contributed by atoms with Crippen LogP contribution in [0.25, 0.3) is 0 Å². The zero-order chi connectivity index (χ0) is 14.9. The molecule has 0 saturated carbocycles. The molecule has 0 aliphatic carbocycles. The van der Waals surface area contributed by atoms with Gasteiger partial charge in [0.05, 0.1) is 6.54 Å². The van der Waals surface area contributed by atoms with Crippen molar-refractivity contribution in [2.45, 2.75) is 19.2 Å². The maximum absolute atomic E-state index is 13.7. The molecule has 1 atom stereocenters. The number of nitrogens with one attached hydrogen (secondary N) is 1. The van der Waals surface area contributed by atoms with E-state index in [4.69, 9.17) is 4.74 Å². The summed E-state index contributed by atoms with van der Waals surface area (Å²) >= 11 is 0. The van der Waals surface area contributed by atoms with Gasteiger partial charge in [-0.25, -0.2) is 9.18 Å². The quantitative estimate of drug-likeness (QED) is 0.883. The van der Waals surface area contributed by atoms with E-state index in [2.05, 4.69) is 5.32 Å². The third kappa shape index (κ3) is 5.65. The van der Waals surface area contributed by atoms with Gasteiger partial charge in [-0.1, -0.05) is 60.7 Å². The minimum absolute atomic E-state index is 0.0531. The van der Waals surface area contributed by atoms with E-state index in [9.17, 15) is 9.18 Å². The normalized spacial score (nSPS) is 11.7. The molecule has 110 valence electrons. The summed E-state index contributed by atoms with van der Waals surface area (Å²) in [7, 11) is 0. The summed E-state index contributed by atoms with van der Waals surface area (Å²) in [5.41, 5.74) is 1.80. The van der Waals surface area contributed by atoms with Gasteiger partial charge in [0.15, 0.2) is 0 Å². The van der Waals surface area contributed by atoms with E-state index >= 15 is 0 Å². The van der Waals surface area contributed by atoms with Crippen LogP contribution < -0.4 is 5.32 Å². The van der Waals surface area contributed by atoms with Crippen molar-refractivity contribution in [2.75, 3.05) is 6.54 Å². The molecule has 0 saturated heterocycles. The Balaban J connectivity index is 1.66. The molecule has 0 aliphatic heterocycles. The van der Waals surface area contributed by atoms with Crippen LogP contribution in [-0.4, -0.2) is 18.8 Å². The third-order valence-corrected chi connectivity index (χ3v) is 2.98. The zero-order valence-corrected chi connectivity index (χ0v) is 11.7. The second kappa shape index (κ2) is 8.04. The minimum atomic E-state index is -1.13. The SMILES string of the molecule is O=C(NCC(F)Cc1ccccc1)OCc1ccccc1. The first-order chi connectivity index (χ1) is 10.2. The Morgan fingerprint density at radius 1 is 1.00 bits per heavy atom. The maximum Gasteiger partial charge on any atom is 0.407 e. The first kappa shape index (κ1) is 15.0. The molecular weight excluding hydrogens is 269 g/mol. The second-order valence-electron chi connectivity index (χ2n) is 4.73. The van der Waals surface area contributed by atoms with Crippen LogP contribution in [0.15, 0.2) is 60.7 Å². The summed E-state index contributed by atoms with van der Waals surface area (Å²) in [6.45, 7) is 0.130. The number of ether oxygens (including phenoxy) is 1. The van der Waals surface area contributed by atoms with E-state index in [1.54, 1.807) is 0 Å². The van der Waals surface area contributed by atoms with Crippen LogP contribution in [0.3, 0.4) is 0 Å². The molecular formula is C17H18FNO2. The molecule has 21 heavy (non-hydrogen) atoms. The molecule has 0 radical (unpaired) electrons. The number of carbonyl (C=O) groups excluding carboxylic acids is 1. The molecule has 2 rings (SSSR count). The van der Waals surface area contributed by atoms with Crippen molar-refractivity contribution in [3.63, 3.8) is 0 Å². The van der Waals surface area contributed by atoms with Gasteiger partial charge in [-0.3, -0.25) is 0 Å². The number of halogens is 1. The van der Waals surface area contributed by atoms with E-state index in [1.165, 1.54) is 0 Å². The molecule has 0 aromatic heterocycles. The summed E-state index contributed by atoms with van der Waals surface area (Å²) in [6.07, 6.45) is -1.45. The van der Waals surface area contributed by atoms with Crippen LogP contribution in [0.2, 0.25) is 0 Å². The average molecular weight is 287 g/mol. The first-order valence-electron chi connectivity index (χ1n) is 6.86. The van der Waals surface area contributed by atoms with Gasteiger partial charge < -0.3 is 10.1 Å². The highest BCUT2D eigenvalue weighted by Crippen LogP contribution is 2.05. The van der Waals surface area contributed by atoms with Crippen molar-refractivity contribution in [1.82, 2.24) is 5.32 Å². The highest BCUT2D eigenvalue weighted by Gasteiger charge is 2.10. The Morgan fingerprint density at radius 2 is 1.57 bits per heavy atom. The lowest BCUT2D eigenvalue weighted by Gasteiger charge is -2.10. The Kier molecular flexibility index (Phi) is 5.76. The summed E-state index contributed by atoms with van der Waals surface area (Å²) in [5.74, 6) is 0. The standard InChI is InChI=1S/C17H18FNO2/c18-16(11-14-7-3-1-4-8-14)12-19-17(20)21-13-15-9-5-2-6-10-15/h1-10,16H,11-13H2,(H,19,20). The third-order valence-electron chi connectivity index (χ3n) is 2.98. The Labute approximate surface area is 123 Å². The van der Waals surface area contributed by atoms with Crippen molar-refractivity contribution >= 4 is 6.09 Å². The summed E-state index contributed by atoms with van der Waals surface area (Å²) < 4.78 is 18.8. The fraction of sp³-hybridized carbons (Fsp3) is 0.235. The van der Waals surface area contributed by atoms with E-state index < -0.39 is 12.3 Å². The Morgan fingerprint density at radius 3 is 2.19 bits per heavy atom. The topological polar surface area (TPSA) is 38.3 Å². The monoisotopic (exact) mass is 287 g/mol. The van der Waals surface area contributed by atoms with Crippen molar-refractivity contribution in [3.8, 4) is 0 Å². The van der Waals surface area contributed by atoms with Gasteiger partial charge in [-0.15, -0.1) is 0 Å². The number of alkyl carbamates (subject to hydrolysis) is 1. The summed E-state index contributed by atoms with van der Waals surface area (Å²) in [6, 6.07) is 18.7. The average Bonchev–Trinajstić information content (AvgIpc) is 2.53. The number of benzene rings is 2. The Bertz CT molecular complexity index is 545. The van der Waals surface area contributed by atoms with Gasteiger partial charge in [-0.2, -0.15) is 0 Å². The fourth-order valence-electron chi connectivity index (χ4n) is 1.91. The number of rotatable bonds is 6. The number of amides is 1. The highest BCUT2D eigenvalue weighted by atomic mass is 19.1. The van der Waals surface area contributed by atoms with E-state index in [-0.39, 0.29) is 19.6 Å². The van der Waals surface area contributed by atoms with Gasteiger partial charge in [0, 0.05) is 6.42 Å². The number of alkyl halides is 1. The van der Waals surface area contributed by atoms with Gasteiger partial charge >= 0.3 is 6.09 Å². The van der Waals surface area contributed by atoms with Crippen molar-refractivity contribution < 1.29 is 13.9 Å². The van der Waals surface area contributed by atoms with Crippen LogP contribution in [0.1, 0.15) is 11.1 Å². The molecule has 1 unspecified atom stereocenters. The van der Waals surface area contributed by atoms with Crippen LogP contribution in [0, 0.1) is 0 Å². The van der Waals surface area contributed by atoms with Gasteiger partial charge in [0.1, 0.15) is 12.8 Å². The molecule has 4 heteroatoms. The summed E-state index contributed by atoms with van der Waals surface area (Å²) in [5, 5.41) is 2.44. The lowest BCUT2D eigenvalue weighted by molar-refractivity contribution is 0.136. The van der Waals surface area contributed by atoms with Crippen LogP contribution in [-0.2, 0) is 17.8 Å². The summed E-state index contributed by atoms with van der Waals surface area (Å²) in [4.78, 5) is 11.5. The van der Waals surface area contributed by atoms with E-state index in [0.29, 0.717) is 0 Å². The zero-order valence-electron chi connectivity index (χ0n) is 11.7. The van der Waals surface area contributed by atoms with Crippen LogP contribution >= 0.6 is 0 Å². The number of hydrogen-bond acceptors (Lipinski definition) is 2. The minimum Gasteiger partial charge on any atom is -0.445 e. The highest BCUT2D eigenvalue weighted by molar-refractivity contribution is 5.67. The first-order valence-corrected chi connectivity index (χ1v) is 6.86. The van der Waals surface area contributed by atoms with Crippen LogP contribution in [0.4, 0.5) is 9.18 Å². The molecule has 2 aromatic carbocycles. The number of carbonyl (C=O) groups is 1. The largest absolute Gasteiger partial charge is 0.445 e. The van der Waals surface area contributed by atoms with Crippen LogP contribution in [0.5, 0.6) is 0 Å². The predicted octanol–water partition coefficient (Wildman–Crippen LogP) is 3.49. The fourth-order valence-corrected chi connectivity index (χ4v) is 1.91. The van der Waals surface area contributed by atoms with E-state index in [1.807, 2.05) is 60.7 Å². The molecule has 0 spiro atoms. The number of hydrogen-bond donors (Lipinski definition) is 1. The van der Waals surface area contributed by atoms with E-state index in [0.717, 1.165) is 11.1 Å². The maximum atomic E-state index is 13.7. The molecule has 0 aliphatic rings. The smallest absolute Gasteiger partial charge is 0.407 e. The molecule has 0 fully saturated rings. The molecule has 1 amide bonds. The molecule has 2 aromatic rings. The Hall–Kier alpha value is -2.36. The molecule has 0 heterocycles. The predicted molar refractivity (Wildman–Crippen MR) is 79.7 cm³/mol. The molecule has 3 nitrogen and oxygen atoms in total.